The fraction of sp³-hybridized carbons (Fsp3) is 0.917. The van der Waals surface area contributed by atoms with E-state index in [4.69, 9.17) is 5.73 Å². The van der Waals surface area contributed by atoms with Gasteiger partial charge in [-0.1, -0.05) is 58.3 Å². The van der Waals surface area contributed by atoms with E-state index in [-0.39, 0.29) is 0 Å². The van der Waals surface area contributed by atoms with Crippen molar-refractivity contribution >= 4 is 6.03 Å². The summed E-state index contributed by atoms with van der Waals surface area (Å²) in [5.41, 5.74) is 15.0. The molecule has 0 atom stereocenters. The van der Waals surface area contributed by atoms with Gasteiger partial charge in [-0.15, -0.1) is 0 Å². The van der Waals surface area contributed by atoms with Crippen LogP contribution in [0.25, 0.3) is 0 Å². The monoisotopic (exact) mass is 259 g/mol. The van der Waals surface area contributed by atoms with Gasteiger partial charge in [-0.05, 0) is 6.42 Å². The highest BCUT2D eigenvalue weighted by Gasteiger charge is 1.92. The standard InChI is InChI=1S/C12H29N5O/c1-2-3-4-5-6-7-8-9-10-11-14-16-17-15-12(13)18/h14,16-17H,2-11H2,1H3,(H3,13,15,18). The lowest BCUT2D eigenvalue weighted by Gasteiger charge is -2.08. The van der Waals surface area contributed by atoms with E-state index in [1.165, 1.54) is 51.4 Å². The number of hydrazine groups is 3. The van der Waals surface area contributed by atoms with E-state index in [9.17, 15) is 4.79 Å². The van der Waals surface area contributed by atoms with E-state index >= 15 is 0 Å². The second-order valence-electron chi connectivity index (χ2n) is 4.49. The van der Waals surface area contributed by atoms with E-state index < -0.39 is 6.03 Å². The minimum absolute atomic E-state index is 0.618. The van der Waals surface area contributed by atoms with Gasteiger partial charge in [0, 0.05) is 6.54 Å². The summed E-state index contributed by atoms with van der Waals surface area (Å²) < 4.78 is 0. The van der Waals surface area contributed by atoms with E-state index in [0.717, 1.165) is 13.0 Å². The van der Waals surface area contributed by atoms with Gasteiger partial charge in [0.1, 0.15) is 0 Å². The molecule has 18 heavy (non-hydrogen) atoms. The quantitative estimate of drug-likeness (QED) is 0.257. The molecular formula is C12H29N5O. The maximum absolute atomic E-state index is 10.3. The first-order valence-electron chi connectivity index (χ1n) is 7.05. The van der Waals surface area contributed by atoms with Gasteiger partial charge < -0.3 is 5.73 Å². The lowest BCUT2D eigenvalue weighted by molar-refractivity contribution is 0.239. The third-order valence-corrected chi connectivity index (χ3v) is 2.74. The van der Waals surface area contributed by atoms with Crippen LogP contribution in [0, 0.1) is 0 Å². The zero-order valence-electron chi connectivity index (χ0n) is 11.6. The van der Waals surface area contributed by atoms with Crippen molar-refractivity contribution in [1.82, 2.24) is 21.9 Å². The van der Waals surface area contributed by atoms with E-state index in [2.05, 4.69) is 28.8 Å². The fourth-order valence-electron chi connectivity index (χ4n) is 1.72. The second-order valence-corrected chi connectivity index (χ2v) is 4.49. The summed E-state index contributed by atoms with van der Waals surface area (Å²) in [5.74, 6) is 0. The van der Waals surface area contributed by atoms with Crippen molar-refractivity contribution in [2.24, 2.45) is 5.73 Å². The molecule has 0 saturated carbocycles. The highest BCUT2D eigenvalue weighted by molar-refractivity contribution is 5.70. The third kappa shape index (κ3) is 15.1. The van der Waals surface area contributed by atoms with Crippen molar-refractivity contribution in [3.63, 3.8) is 0 Å². The molecule has 0 aliphatic rings. The molecule has 0 aromatic heterocycles. The number of nitrogens with two attached hydrogens (primary N) is 1. The highest BCUT2D eigenvalue weighted by Crippen LogP contribution is 2.08. The smallest absolute Gasteiger partial charge is 0.327 e. The van der Waals surface area contributed by atoms with E-state index in [0.29, 0.717) is 0 Å². The molecule has 0 saturated heterocycles. The van der Waals surface area contributed by atoms with Crippen LogP contribution in [0.5, 0.6) is 0 Å². The van der Waals surface area contributed by atoms with Crippen LogP contribution in [0.2, 0.25) is 0 Å². The molecule has 0 aliphatic heterocycles. The highest BCUT2D eigenvalue weighted by atomic mass is 16.2. The lowest BCUT2D eigenvalue weighted by Crippen LogP contribution is -2.54. The Kier molecular flexibility index (Phi) is 13.5. The molecule has 6 heteroatoms. The molecule has 0 heterocycles. The number of carbonyl (C=O) groups is 1. The number of unbranched alkanes of at least 4 members (excludes halogenated alkanes) is 8. The van der Waals surface area contributed by atoms with Gasteiger partial charge in [-0.3, -0.25) is 5.43 Å². The number of rotatable bonds is 13. The molecule has 0 fully saturated rings. The topological polar surface area (TPSA) is 91.2 Å². The van der Waals surface area contributed by atoms with Crippen molar-refractivity contribution in [3.05, 3.63) is 0 Å². The van der Waals surface area contributed by atoms with Crippen LogP contribution in [0.4, 0.5) is 4.79 Å². The Morgan fingerprint density at radius 3 is 2.00 bits per heavy atom. The molecule has 6 N–H and O–H groups in total. The summed E-state index contributed by atoms with van der Waals surface area (Å²) >= 11 is 0. The molecule has 0 aromatic rings. The molecule has 0 rings (SSSR count). The molecule has 0 unspecified atom stereocenters. The summed E-state index contributed by atoms with van der Waals surface area (Å²) in [7, 11) is 0. The van der Waals surface area contributed by atoms with Crippen molar-refractivity contribution < 1.29 is 4.79 Å². The van der Waals surface area contributed by atoms with Gasteiger partial charge in [-0.25, -0.2) is 10.2 Å². The molecule has 0 aromatic carbocycles. The average molecular weight is 259 g/mol. The Labute approximate surface area is 110 Å². The Morgan fingerprint density at radius 2 is 1.44 bits per heavy atom. The Hall–Kier alpha value is -0.850. The molecule has 0 radical (unpaired) electrons. The van der Waals surface area contributed by atoms with Crippen LogP contribution >= 0.6 is 0 Å². The lowest BCUT2D eigenvalue weighted by atomic mass is 10.1. The Morgan fingerprint density at radius 1 is 0.889 bits per heavy atom. The summed E-state index contributed by atoms with van der Waals surface area (Å²) in [6, 6.07) is -0.618. The number of hydrogen-bond acceptors (Lipinski definition) is 4. The minimum Gasteiger partial charge on any atom is -0.351 e. The summed E-state index contributed by atoms with van der Waals surface area (Å²) in [5, 5.41) is 0. The van der Waals surface area contributed by atoms with Gasteiger partial charge in [0.05, 0.1) is 0 Å². The predicted octanol–water partition coefficient (Wildman–Crippen LogP) is 1.70. The van der Waals surface area contributed by atoms with Crippen LogP contribution < -0.4 is 27.7 Å². The van der Waals surface area contributed by atoms with Crippen LogP contribution in [0.3, 0.4) is 0 Å². The Balaban J connectivity index is 2.92. The predicted molar refractivity (Wildman–Crippen MR) is 74.2 cm³/mol. The number of nitrogens with one attached hydrogen (secondary N) is 4. The van der Waals surface area contributed by atoms with Crippen LogP contribution in [0.15, 0.2) is 0 Å². The molecule has 0 bridgehead atoms. The summed E-state index contributed by atoms with van der Waals surface area (Å²) in [6.45, 7) is 3.11. The van der Waals surface area contributed by atoms with Crippen molar-refractivity contribution in [3.8, 4) is 0 Å². The van der Waals surface area contributed by atoms with E-state index in [1.807, 2.05) is 0 Å². The molecule has 0 aliphatic carbocycles. The normalized spacial score (nSPS) is 10.5. The average Bonchev–Trinajstić information content (AvgIpc) is 2.34. The van der Waals surface area contributed by atoms with Crippen molar-refractivity contribution in [2.45, 2.75) is 64.7 Å². The van der Waals surface area contributed by atoms with Crippen molar-refractivity contribution in [2.75, 3.05) is 6.54 Å². The minimum atomic E-state index is -0.618. The van der Waals surface area contributed by atoms with Crippen LogP contribution in [0.1, 0.15) is 64.7 Å². The number of amides is 2. The number of primary amides is 1. The number of hydrogen-bond donors (Lipinski definition) is 5. The SMILES string of the molecule is CCCCCCCCCCCNNNNC(N)=O. The third-order valence-electron chi connectivity index (χ3n) is 2.74. The maximum Gasteiger partial charge on any atom is 0.327 e. The zero-order valence-corrected chi connectivity index (χ0v) is 11.6. The molecule has 0 spiro atoms. The fourth-order valence-corrected chi connectivity index (χ4v) is 1.72. The molecule has 2 amide bonds. The first kappa shape index (κ1) is 17.2. The largest absolute Gasteiger partial charge is 0.351 e. The number of carbonyl (C=O) groups excluding carboxylic acids is 1. The molecule has 108 valence electrons. The number of urea groups is 1. The maximum atomic E-state index is 10.3. The zero-order chi connectivity index (χ0) is 13.5. The first-order chi connectivity index (χ1) is 8.77. The van der Waals surface area contributed by atoms with Gasteiger partial charge in [0.15, 0.2) is 0 Å². The van der Waals surface area contributed by atoms with Crippen LogP contribution in [-0.2, 0) is 0 Å². The van der Waals surface area contributed by atoms with Gasteiger partial charge in [-0.2, -0.15) is 11.1 Å². The van der Waals surface area contributed by atoms with Crippen LogP contribution in [-0.4, -0.2) is 12.6 Å². The summed E-state index contributed by atoms with van der Waals surface area (Å²) in [4.78, 5) is 10.3. The van der Waals surface area contributed by atoms with Crippen molar-refractivity contribution in [1.29, 1.82) is 0 Å². The first-order valence-corrected chi connectivity index (χ1v) is 7.05. The van der Waals surface area contributed by atoms with E-state index in [1.54, 1.807) is 0 Å². The summed E-state index contributed by atoms with van der Waals surface area (Å²) in [6.07, 6.45) is 11.9. The molecule has 6 nitrogen and oxygen atoms in total. The second kappa shape index (κ2) is 14.2. The van der Waals surface area contributed by atoms with Gasteiger partial charge in [0.2, 0.25) is 0 Å². The van der Waals surface area contributed by atoms with Gasteiger partial charge in [0.25, 0.3) is 0 Å². The van der Waals surface area contributed by atoms with Gasteiger partial charge >= 0.3 is 6.03 Å². The molecular weight excluding hydrogens is 230 g/mol. The Bertz CT molecular complexity index is 189.